The summed E-state index contributed by atoms with van der Waals surface area (Å²) >= 11 is 0. The fourth-order valence-electron chi connectivity index (χ4n) is 9.06. The molecular weight excluding hydrogens is 741 g/mol. The summed E-state index contributed by atoms with van der Waals surface area (Å²) in [5.74, 6) is 0. The molecule has 0 spiro atoms. The van der Waals surface area contributed by atoms with Crippen LogP contribution >= 0.6 is 0 Å². The summed E-state index contributed by atoms with van der Waals surface area (Å²) in [7, 11) is 0. The molecule has 0 bridgehead atoms. The van der Waals surface area contributed by atoms with Crippen LogP contribution in [-0.4, -0.2) is 16.7 Å². The van der Waals surface area contributed by atoms with Crippen molar-refractivity contribution in [2.24, 2.45) is 10.8 Å². The maximum Gasteiger partial charge on any atom is 0.0819 e. The Morgan fingerprint density at radius 2 is 1.00 bits per heavy atom. The van der Waals surface area contributed by atoms with Crippen LogP contribution < -0.4 is 11.2 Å². The minimum Gasteiger partial charge on any atom is -0.319 e. The van der Waals surface area contributed by atoms with Crippen LogP contribution in [0.1, 0.15) is 5.56 Å². The maximum absolute atomic E-state index is 6.65. The summed E-state index contributed by atoms with van der Waals surface area (Å²) in [5, 5.41) is 14.5. The molecule has 0 aliphatic heterocycles. The van der Waals surface area contributed by atoms with Crippen molar-refractivity contribution < 1.29 is 0 Å². The summed E-state index contributed by atoms with van der Waals surface area (Å²) in [4.78, 5) is 4.57. The fraction of sp³-hybridized carbons (Fsp3) is 0.0175. The van der Waals surface area contributed by atoms with Gasteiger partial charge in [-0.3, -0.25) is 10.4 Å². The first-order valence-electron chi connectivity index (χ1n) is 20.7. The molecule has 1 heterocycles. The molecule has 10 aromatic rings. The zero-order valence-corrected chi connectivity index (χ0v) is 33.3. The van der Waals surface area contributed by atoms with Gasteiger partial charge in [0.25, 0.3) is 0 Å². The summed E-state index contributed by atoms with van der Waals surface area (Å²) in [6, 6.07) is 66.7. The Hall–Kier alpha value is -7.92. The Morgan fingerprint density at radius 3 is 1.70 bits per heavy atom. The largest absolute Gasteiger partial charge is 0.319 e. The maximum atomic E-state index is 6.65. The molecule has 61 heavy (non-hydrogen) atoms. The second-order valence-corrected chi connectivity index (χ2v) is 15.6. The van der Waals surface area contributed by atoms with Gasteiger partial charge in [-0.2, -0.15) is 5.10 Å². The van der Waals surface area contributed by atoms with Crippen LogP contribution in [0.3, 0.4) is 0 Å². The first-order chi connectivity index (χ1) is 30.2. The van der Waals surface area contributed by atoms with Crippen LogP contribution in [0.4, 0.5) is 5.69 Å². The minimum absolute atomic E-state index is 0.341. The van der Waals surface area contributed by atoms with Gasteiger partial charge in [-0.25, -0.2) is 0 Å². The highest BCUT2D eigenvalue weighted by Gasteiger charge is 2.19. The number of fused-ring (bicyclic) bond motifs is 4. The van der Waals surface area contributed by atoms with Crippen LogP contribution in [0, 0.1) is 0 Å². The number of pyridine rings is 1. The number of nitrogens with one attached hydrogen (secondary N) is 1. The molecule has 0 saturated heterocycles. The summed E-state index contributed by atoms with van der Waals surface area (Å²) in [6.45, 7) is 0. The van der Waals surface area contributed by atoms with E-state index in [1.165, 1.54) is 71.1 Å². The highest BCUT2D eigenvalue weighted by atomic mass is 15.3. The number of hydrogen-bond acceptors (Lipinski definition) is 4. The van der Waals surface area contributed by atoms with Crippen LogP contribution in [0.15, 0.2) is 224 Å². The van der Waals surface area contributed by atoms with E-state index in [0.29, 0.717) is 0 Å². The van der Waals surface area contributed by atoms with E-state index in [-0.39, 0.29) is 6.04 Å². The minimum atomic E-state index is -0.341. The van der Waals surface area contributed by atoms with Crippen LogP contribution in [0.25, 0.3) is 93.2 Å². The number of allylic oxidation sites excluding steroid dienone is 2. The predicted molar refractivity (Wildman–Crippen MR) is 259 cm³/mol. The number of hydrazone groups is 1. The molecule has 3 N–H and O–H groups in total. The van der Waals surface area contributed by atoms with Gasteiger partial charge in [0, 0.05) is 23.3 Å². The van der Waals surface area contributed by atoms with Gasteiger partial charge in [0.15, 0.2) is 0 Å². The fourth-order valence-corrected chi connectivity index (χ4v) is 9.06. The molecule has 1 aromatic heterocycles. The summed E-state index contributed by atoms with van der Waals surface area (Å²) in [6.07, 6.45) is 10.2. The van der Waals surface area contributed by atoms with Gasteiger partial charge in [0.2, 0.25) is 0 Å². The molecule has 4 nitrogen and oxygen atoms in total. The topological polar surface area (TPSA) is 63.3 Å². The van der Waals surface area contributed by atoms with Crippen LogP contribution in [0.5, 0.6) is 0 Å². The number of hydrogen-bond donors (Lipinski definition) is 2. The third kappa shape index (κ3) is 6.56. The van der Waals surface area contributed by atoms with Gasteiger partial charge >= 0.3 is 0 Å². The summed E-state index contributed by atoms with van der Waals surface area (Å²) < 4.78 is 0. The molecule has 1 aliphatic rings. The van der Waals surface area contributed by atoms with Gasteiger partial charge in [0.1, 0.15) is 0 Å². The zero-order chi connectivity index (χ0) is 40.7. The second kappa shape index (κ2) is 15.4. The lowest BCUT2D eigenvalue weighted by molar-refractivity contribution is 1.07. The quantitative estimate of drug-likeness (QED) is 0.125. The number of rotatable bonds is 7. The van der Waals surface area contributed by atoms with Crippen molar-refractivity contribution in [3.63, 3.8) is 0 Å². The van der Waals surface area contributed by atoms with E-state index < -0.39 is 0 Å². The van der Waals surface area contributed by atoms with Crippen LogP contribution in [0.2, 0.25) is 0 Å². The first kappa shape index (κ1) is 36.2. The average molecular weight is 781 g/mol. The number of anilines is 1. The molecule has 0 radical (unpaired) electrons. The third-order valence-electron chi connectivity index (χ3n) is 12.0. The molecule has 288 valence electrons. The van der Waals surface area contributed by atoms with E-state index >= 15 is 0 Å². The van der Waals surface area contributed by atoms with E-state index in [1.807, 2.05) is 18.5 Å². The van der Waals surface area contributed by atoms with Crippen molar-refractivity contribution in [3.8, 4) is 44.5 Å². The Morgan fingerprint density at radius 1 is 0.443 bits per heavy atom. The smallest absolute Gasteiger partial charge is 0.0819 e. The third-order valence-corrected chi connectivity index (χ3v) is 12.0. The number of nitrogens with zero attached hydrogens (tertiary/aromatic N) is 2. The lowest BCUT2D eigenvalue weighted by Crippen LogP contribution is -2.29. The lowest BCUT2D eigenvalue weighted by Gasteiger charge is -2.20. The van der Waals surface area contributed by atoms with Gasteiger partial charge in [-0.1, -0.05) is 182 Å². The molecule has 1 atom stereocenters. The molecule has 1 aliphatic carbocycles. The standard InChI is InChI=1S/C57H40N4/c58-54-32-26-41(40-25-29-51-52(33-40)57(39-15-5-2-6-16-39)50-22-12-11-21-49(50)56(51)38-13-3-1-4-14-38)34-55(54)61-60-43-27-23-37(24-28-43)45-30-31-48(47-20-10-9-19-46(45)47)53-36-59-35-42-17-7-8-18-44(42)53/h1-36,54,60H,58H2. The van der Waals surface area contributed by atoms with Crippen molar-refractivity contribution in [2.45, 2.75) is 6.04 Å². The highest BCUT2D eigenvalue weighted by molar-refractivity contribution is 6.22. The second-order valence-electron chi connectivity index (χ2n) is 15.6. The van der Waals surface area contributed by atoms with Crippen molar-refractivity contribution in [1.82, 2.24) is 4.98 Å². The van der Waals surface area contributed by atoms with Gasteiger partial charge in [0.05, 0.1) is 17.4 Å². The average Bonchev–Trinajstić information content (AvgIpc) is 3.33. The molecule has 9 aromatic carbocycles. The summed E-state index contributed by atoms with van der Waals surface area (Å²) in [5.41, 5.74) is 23.3. The molecular formula is C57H40N4. The molecule has 1 unspecified atom stereocenters. The van der Waals surface area contributed by atoms with E-state index in [9.17, 15) is 0 Å². The van der Waals surface area contributed by atoms with Crippen molar-refractivity contribution in [3.05, 3.63) is 224 Å². The van der Waals surface area contributed by atoms with Crippen molar-refractivity contribution in [2.75, 3.05) is 5.43 Å². The monoisotopic (exact) mass is 780 g/mol. The Bertz CT molecular complexity index is 3380. The van der Waals surface area contributed by atoms with Crippen LogP contribution in [-0.2, 0) is 0 Å². The molecule has 11 rings (SSSR count). The number of aromatic nitrogens is 1. The van der Waals surface area contributed by atoms with E-state index in [4.69, 9.17) is 10.8 Å². The van der Waals surface area contributed by atoms with Gasteiger partial charge in [-0.05, 0) is 112 Å². The Kier molecular flexibility index (Phi) is 9.11. The molecule has 0 fully saturated rings. The normalized spacial score (nSPS) is 14.5. The predicted octanol–water partition coefficient (Wildman–Crippen LogP) is 14.1. The number of nitrogens with two attached hydrogens (primary N) is 1. The Balaban J connectivity index is 0.929. The lowest BCUT2D eigenvalue weighted by atomic mass is 9.84. The van der Waals surface area contributed by atoms with E-state index in [2.05, 4.69) is 211 Å². The van der Waals surface area contributed by atoms with Crippen molar-refractivity contribution in [1.29, 1.82) is 0 Å². The highest BCUT2D eigenvalue weighted by Crippen LogP contribution is 2.45. The van der Waals surface area contributed by atoms with E-state index in [1.54, 1.807) is 0 Å². The van der Waals surface area contributed by atoms with E-state index in [0.717, 1.165) is 39.0 Å². The van der Waals surface area contributed by atoms with Gasteiger partial charge in [-0.15, -0.1) is 0 Å². The molecule has 0 saturated carbocycles. The molecule has 4 heteroatoms. The Labute approximate surface area is 354 Å². The molecule has 0 amide bonds. The SMILES string of the molecule is NC1C=CC(c2ccc3c(-c4ccccc4)c4ccccc4c(-c4ccccc4)c3c2)=CC1=NNc1ccc(-c2ccc(-c3cncc4ccccc34)c3ccccc23)cc1. The number of benzene rings is 9. The zero-order valence-electron chi connectivity index (χ0n) is 33.3. The van der Waals surface area contributed by atoms with Gasteiger partial charge < -0.3 is 5.73 Å². The van der Waals surface area contributed by atoms with Crippen molar-refractivity contribution >= 4 is 60.1 Å². The first-order valence-corrected chi connectivity index (χ1v) is 20.7.